The molecule has 1 aliphatic heterocycles. The molecule has 170 valence electrons. The number of hydrogen-bond acceptors (Lipinski definition) is 5. The molecule has 1 aliphatic rings. The summed E-state index contributed by atoms with van der Waals surface area (Å²) in [6.07, 6.45) is 4.56. The van der Waals surface area contributed by atoms with Crippen molar-refractivity contribution >= 4 is 28.5 Å². The highest BCUT2D eigenvalue weighted by atomic mass is 16.5. The third-order valence-corrected chi connectivity index (χ3v) is 5.68. The lowest BCUT2D eigenvalue weighted by Gasteiger charge is -2.23. The Balaban J connectivity index is 1.58. The summed E-state index contributed by atoms with van der Waals surface area (Å²) in [6, 6.07) is 22.5. The number of benzene rings is 3. The molecule has 0 fully saturated rings. The van der Waals surface area contributed by atoms with Gasteiger partial charge in [0.1, 0.15) is 23.1 Å². The second kappa shape index (κ2) is 9.40. The Morgan fingerprint density at radius 2 is 1.79 bits per heavy atom. The minimum Gasteiger partial charge on any atom is -0.494 e. The van der Waals surface area contributed by atoms with Gasteiger partial charge >= 0.3 is 0 Å². The van der Waals surface area contributed by atoms with Crippen molar-refractivity contribution in [1.29, 1.82) is 0 Å². The number of oxazole rings is 1. The average Bonchev–Trinajstić information content (AvgIpc) is 3.30. The van der Waals surface area contributed by atoms with Gasteiger partial charge in [0.2, 0.25) is 5.89 Å². The quantitative estimate of drug-likeness (QED) is 0.230. The van der Waals surface area contributed by atoms with E-state index in [1.807, 2.05) is 79.7 Å². The topological polar surface area (TPSA) is 61.6 Å². The van der Waals surface area contributed by atoms with Crippen LogP contribution in [0.15, 0.2) is 88.9 Å². The summed E-state index contributed by atoms with van der Waals surface area (Å²) in [5.41, 5.74) is 4.07. The number of Topliss-reactive ketones (excluding diaryl/α,β-unsaturated/α-hetero) is 1. The van der Waals surface area contributed by atoms with E-state index in [0.717, 1.165) is 29.1 Å². The third-order valence-electron chi connectivity index (χ3n) is 5.68. The van der Waals surface area contributed by atoms with Gasteiger partial charge in [0.05, 0.1) is 12.2 Å². The van der Waals surface area contributed by atoms with E-state index in [-0.39, 0.29) is 17.8 Å². The number of carbonyl (C=O) groups excluding carboxylic acids is 1. The van der Waals surface area contributed by atoms with Gasteiger partial charge in [-0.15, -0.1) is 0 Å². The predicted octanol–water partition coefficient (Wildman–Crippen LogP) is 6.75. The number of para-hydroxylation sites is 3. The maximum atomic E-state index is 13.7. The van der Waals surface area contributed by atoms with Gasteiger partial charge in [-0.3, -0.25) is 4.79 Å². The van der Waals surface area contributed by atoms with E-state index >= 15 is 0 Å². The molecule has 5 heteroatoms. The summed E-state index contributed by atoms with van der Waals surface area (Å²) in [4.78, 5) is 18.3. The average molecular weight is 452 g/mol. The van der Waals surface area contributed by atoms with Crippen LogP contribution >= 0.6 is 0 Å². The SMILES string of the molecule is CCCOc1ccc(C(=O)/C(=C/C2=Cc3ccccc3O[C@H]2C)c2nc3ccccc3o2)cc1. The van der Waals surface area contributed by atoms with Crippen LogP contribution in [0.4, 0.5) is 0 Å². The van der Waals surface area contributed by atoms with Crippen molar-refractivity contribution in [3.8, 4) is 11.5 Å². The zero-order valence-corrected chi connectivity index (χ0v) is 19.2. The first kappa shape index (κ1) is 21.7. The Morgan fingerprint density at radius 1 is 1.03 bits per heavy atom. The van der Waals surface area contributed by atoms with E-state index in [1.54, 1.807) is 12.1 Å². The van der Waals surface area contributed by atoms with Gasteiger partial charge in [0.15, 0.2) is 11.4 Å². The monoisotopic (exact) mass is 451 g/mol. The molecule has 0 spiro atoms. The first-order chi connectivity index (χ1) is 16.6. The highest BCUT2D eigenvalue weighted by Crippen LogP contribution is 2.33. The Kier molecular flexibility index (Phi) is 6.00. The van der Waals surface area contributed by atoms with Gasteiger partial charge in [-0.25, -0.2) is 4.98 Å². The zero-order valence-electron chi connectivity index (χ0n) is 19.2. The summed E-state index contributed by atoms with van der Waals surface area (Å²) in [7, 11) is 0. The van der Waals surface area contributed by atoms with Crippen LogP contribution in [0.2, 0.25) is 0 Å². The van der Waals surface area contributed by atoms with Crippen molar-refractivity contribution in [2.24, 2.45) is 0 Å². The number of carbonyl (C=O) groups is 1. The predicted molar refractivity (Wildman–Crippen MR) is 133 cm³/mol. The Hall–Kier alpha value is -4.12. The summed E-state index contributed by atoms with van der Waals surface area (Å²) in [5, 5.41) is 0. The van der Waals surface area contributed by atoms with E-state index in [2.05, 4.69) is 11.9 Å². The number of aromatic nitrogens is 1. The van der Waals surface area contributed by atoms with Gasteiger partial charge in [-0.05, 0) is 73.5 Å². The van der Waals surface area contributed by atoms with Crippen molar-refractivity contribution in [3.63, 3.8) is 0 Å². The normalized spacial score (nSPS) is 15.4. The Morgan fingerprint density at radius 3 is 2.59 bits per heavy atom. The van der Waals surface area contributed by atoms with E-state index in [1.165, 1.54) is 0 Å². The van der Waals surface area contributed by atoms with Crippen molar-refractivity contribution in [2.75, 3.05) is 6.61 Å². The molecule has 0 radical (unpaired) electrons. The van der Waals surface area contributed by atoms with E-state index < -0.39 is 0 Å². The fourth-order valence-electron chi connectivity index (χ4n) is 3.88. The maximum absolute atomic E-state index is 13.7. The molecule has 0 saturated carbocycles. The molecule has 5 nitrogen and oxygen atoms in total. The first-order valence-corrected chi connectivity index (χ1v) is 11.4. The number of fused-ring (bicyclic) bond motifs is 2. The van der Waals surface area contributed by atoms with Crippen LogP contribution in [0.5, 0.6) is 11.5 Å². The fraction of sp³-hybridized carbons (Fsp3) is 0.172. The lowest BCUT2D eigenvalue weighted by Crippen LogP contribution is -2.18. The lowest BCUT2D eigenvalue weighted by atomic mass is 9.96. The molecule has 3 aromatic carbocycles. The summed E-state index contributed by atoms with van der Waals surface area (Å²) in [5.74, 6) is 1.66. The number of ketones is 1. The van der Waals surface area contributed by atoms with Crippen LogP contribution in [-0.4, -0.2) is 23.5 Å². The summed E-state index contributed by atoms with van der Waals surface area (Å²) in [6.45, 7) is 4.65. The van der Waals surface area contributed by atoms with E-state index in [4.69, 9.17) is 13.9 Å². The van der Waals surface area contributed by atoms with Crippen LogP contribution < -0.4 is 9.47 Å². The molecule has 5 rings (SSSR count). The summed E-state index contributed by atoms with van der Waals surface area (Å²) >= 11 is 0. The molecule has 2 heterocycles. The highest BCUT2D eigenvalue weighted by Gasteiger charge is 2.24. The minimum atomic E-state index is -0.230. The van der Waals surface area contributed by atoms with Crippen molar-refractivity contribution < 1.29 is 18.7 Å². The number of nitrogens with zero attached hydrogens (tertiary/aromatic N) is 1. The molecular formula is C29H25NO4. The van der Waals surface area contributed by atoms with Crippen LogP contribution in [0.3, 0.4) is 0 Å². The van der Waals surface area contributed by atoms with Crippen LogP contribution in [0, 0.1) is 0 Å². The number of allylic oxidation sites excluding steroid dienone is 1. The highest BCUT2D eigenvalue weighted by molar-refractivity contribution is 6.28. The van der Waals surface area contributed by atoms with Crippen LogP contribution in [0.1, 0.15) is 42.1 Å². The third kappa shape index (κ3) is 4.37. The molecule has 34 heavy (non-hydrogen) atoms. The Labute approximate surface area is 198 Å². The fourth-order valence-corrected chi connectivity index (χ4v) is 3.88. The van der Waals surface area contributed by atoms with E-state index in [9.17, 15) is 4.79 Å². The molecule has 0 bridgehead atoms. The largest absolute Gasteiger partial charge is 0.494 e. The van der Waals surface area contributed by atoms with Crippen molar-refractivity contribution in [2.45, 2.75) is 26.4 Å². The Bertz CT molecular complexity index is 1360. The molecule has 0 saturated heterocycles. The van der Waals surface area contributed by atoms with Crippen LogP contribution in [-0.2, 0) is 0 Å². The lowest BCUT2D eigenvalue weighted by molar-refractivity contribution is 0.105. The van der Waals surface area contributed by atoms with Gasteiger partial charge in [-0.1, -0.05) is 37.3 Å². The zero-order chi connectivity index (χ0) is 23.5. The molecule has 0 unspecified atom stereocenters. The first-order valence-electron chi connectivity index (χ1n) is 11.4. The van der Waals surface area contributed by atoms with Crippen LogP contribution in [0.25, 0.3) is 22.7 Å². The molecule has 1 atom stereocenters. The molecule has 0 amide bonds. The van der Waals surface area contributed by atoms with Gasteiger partial charge < -0.3 is 13.9 Å². The molecule has 4 aromatic rings. The smallest absolute Gasteiger partial charge is 0.231 e. The second-order valence-electron chi connectivity index (χ2n) is 8.19. The number of rotatable bonds is 7. The van der Waals surface area contributed by atoms with Crippen molar-refractivity contribution in [3.05, 3.63) is 101 Å². The number of ether oxygens (including phenoxy) is 2. The standard InChI is InChI=1S/C29H25NO4/c1-3-16-32-23-14-12-20(13-15-23)28(31)24(29-30-25-9-5-7-11-27(25)34-29)18-22-17-21-8-4-6-10-26(21)33-19(22)2/h4-15,17-19H,3,16H2,1-2H3/b24-18-/t19-/m0/s1. The molecule has 0 aliphatic carbocycles. The minimum absolute atomic E-state index is 0.180. The van der Waals surface area contributed by atoms with Crippen molar-refractivity contribution in [1.82, 2.24) is 4.98 Å². The van der Waals surface area contributed by atoms with E-state index in [0.29, 0.717) is 28.8 Å². The van der Waals surface area contributed by atoms with Gasteiger partial charge in [-0.2, -0.15) is 0 Å². The van der Waals surface area contributed by atoms with Gasteiger partial charge in [0.25, 0.3) is 0 Å². The van der Waals surface area contributed by atoms with Gasteiger partial charge in [0, 0.05) is 11.1 Å². The maximum Gasteiger partial charge on any atom is 0.231 e. The summed E-state index contributed by atoms with van der Waals surface area (Å²) < 4.78 is 17.8. The second-order valence-corrected chi connectivity index (χ2v) is 8.19. The molecule has 1 aromatic heterocycles. The molecule has 0 N–H and O–H groups in total. The number of hydrogen-bond donors (Lipinski definition) is 0. The molecular weight excluding hydrogens is 426 g/mol.